The van der Waals surface area contributed by atoms with Crippen LogP contribution in [0.25, 0.3) is 0 Å². The summed E-state index contributed by atoms with van der Waals surface area (Å²) in [6.07, 6.45) is 3.94. The summed E-state index contributed by atoms with van der Waals surface area (Å²) in [5, 5.41) is 9.11. The van der Waals surface area contributed by atoms with Crippen molar-refractivity contribution in [1.29, 1.82) is 5.26 Å². The van der Waals surface area contributed by atoms with E-state index in [0.717, 1.165) is 31.5 Å². The van der Waals surface area contributed by atoms with Gasteiger partial charge in [0.15, 0.2) is 0 Å². The van der Waals surface area contributed by atoms with Crippen LogP contribution in [0, 0.1) is 11.3 Å². The lowest BCUT2D eigenvalue weighted by molar-refractivity contribution is 0.184. The van der Waals surface area contributed by atoms with E-state index in [2.05, 4.69) is 77.7 Å². The highest BCUT2D eigenvalue weighted by Gasteiger charge is 2.23. The summed E-state index contributed by atoms with van der Waals surface area (Å²) < 4.78 is 0. The molecule has 0 saturated heterocycles. The average Bonchev–Trinajstić information content (AvgIpc) is 3.05. The summed E-state index contributed by atoms with van der Waals surface area (Å²) in [5.74, 6) is 0. The van der Waals surface area contributed by atoms with Crippen molar-refractivity contribution in [3.05, 3.63) is 83.4 Å². The molecule has 0 aliphatic heterocycles. The molecule has 2 aromatic rings. The van der Waals surface area contributed by atoms with Crippen molar-refractivity contribution in [3.8, 4) is 6.07 Å². The monoisotopic (exact) mass is 288 g/mol. The minimum Gasteiger partial charge on any atom is -0.291 e. The molecule has 0 fully saturated rings. The number of hydrogen-bond donors (Lipinski definition) is 0. The largest absolute Gasteiger partial charge is 0.291 e. The third-order valence-corrected chi connectivity index (χ3v) is 4.21. The fourth-order valence-electron chi connectivity index (χ4n) is 3.02. The van der Waals surface area contributed by atoms with Crippen LogP contribution in [0.2, 0.25) is 0 Å². The Hall–Kier alpha value is -2.37. The van der Waals surface area contributed by atoms with E-state index < -0.39 is 0 Å². The van der Waals surface area contributed by atoms with E-state index in [1.807, 2.05) is 0 Å². The smallest absolute Gasteiger partial charge is 0.0944 e. The summed E-state index contributed by atoms with van der Waals surface area (Å²) in [6, 6.07) is 23.9. The fraction of sp³-hybridized carbons (Fsp3) is 0.250. The van der Waals surface area contributed by atoms with E-state index in [9.17, 15) is 0 Å². The molecule has 22 heavy (non-hydrogen) atoms. The molecule has 1 unspecified atom stereocenters. The third kappa shape index (κ3) is 3.63. The van der Waals surface area contributed by atoms with Crippen LogP contribution in [0.5, 0.6) is 0 Å². The normalized spacial score (nSPS) is 17.3. The van der Waals surface area contributed by atoms with Gasteiger partial charge in [0.1, 0.15) is 0 Å². The van der Waals surface area contributed by atoms with Gasteiger partial charge in [0.25, 0.3) is 0 Å². The first-order chi connectivity index (χ1) is 10.8. The van der Waals surface area contributed by atoms with Gasteiger partial charge in [0, 0.05) is 24.7 Å². The minimum atomic E-state index is 0.426. The van der Waals surface area contributed by atoms with Crippen molar-refractivity contribution in [2.45, 2.75) is 32.0 Å². The number of rotatable bonds is 5. The van der Waals surface area contributed by atoms with Crippen LogP contribution in [-0.4, -0.2) is 10.9 Å². The van der Waals surface area contributed by atoms with Crippen molar-refractivity contribution < 1.29 is 0 Å². The Labute approximate surface area is 132 Å². The maximum atomic E-state index is 9.11. The Morgan fingerprint density at radius 1 is 0.909 bits per heavy atom. The van der Waals surface area contributed by atoms with E-state index >= 15 is 0 Å². The summed E-state index contributed by atoms with van der Waals surface area (Å²) in [5.41, 5.74) is 3.57. The minimum absolute atomic E-state index is 0.426. The van der Waals surface area contributed by atoms with Crippen molar-refractivity contribution >= 4 is 0 Å². The third-order valence-electron chi connectivity index (χ3n) is 4.21. The van der Waals surface area contributed by atoms with E-state index in [1.165, 1.54) is 11.1 Å². The zero-order valence-electron chi connectivity index (χ0n) is 12.7. The van der Waals surface area contributed by atoms with E-state index in [0.29, 0.717) is 6.04 Å². The molecule has 1 aliphatic rings. The number of nitrogens with zero attached hydrogens (tertiary/aromatic N) is 2. The Kier molecular flexibility index (Phi) is 4.68. The topological polar surface area (TPSA) is 27.0 Å². The van der Waals surface area contributed by atoms with E-state index in [4.69, 9.17) is 5.26 Å². The summed E-state index contributed by atoms with van der Waals surface area (Å²) in [7, 11) is 0. The quantitative estimate of drug-likeness (QED) is 0.820. The summed E-state index contributed by atoms with van der Waals surface area (Å²) in [6.45, 7) is 1.85. The van der Waals surface area contributed by atoms with Crippen LogP contribution in [0.15, 0.2) is 72.3 Å². The Bertz CT molecular complexity index is 626. The van der Waals surface area contributed by atoms with E-state index in [1.54, 1.807) is 0 Å². The van der Waals surface area contributed by atoms with Gasteiger partial charge < -0.3 is 0 Å². The molecule has 0 N–H and O–H groups in total. The molecule has 110 valence electrons. The van der Waals surface area contributed by atoms with Crippen molar-refractivity contribution in [2.75, 3.05) is 0 Å². The van der Waals surface area contributed by atoms with Crippen molar-refractivity contribution in [3.63, 3.8) is 0 Å². The van der Waals surface area contributed by atoms with Gasteiger partial charge in [-0.2, -0.15) is 5.26 Å². The maximum absolute atomic E-state index is 9.11. The molecule has 0 aromatic heterocycles. The van der Waals surface area contributed by atoms with Gasteiger partial charge in [-0.25, -0.2) is 0 Å². The molecule has 1 aliphatic carbocycles. The van der Waals surface area contributed by atoms with Gasteiger partial charge in [-0.05, 0) is 24.0 Å². The maximum Gasteiger partial charge on any atom is 0.0944 e. The van der Waals surface area contributed by atoms with Gasteiger partial charge in [0.05, 0.1) is 6.07 Å². The SMILES string of the molecule is N#CC1=CCC(N(Cc2ccccc2)Cc2ccccc2)C1. The molecule has 0 heterocycles. The molecule has 0 saturated carbocycles. The molecule has 0 amide bonds. The van der Waals surface area contributed by atoms with Crippen LogP contribution in [-0.2, 0) is 13.1 Å². The molecule has 3 rings (SSSR count). The summed E-state index contributed by atoms with van der Waals surface area (Å²) >= 11 is 0. The molecular weight excluding hydrogens is 268 g/mol. The molecule has 0 spiro atoms. The van der Waals surface area contributed by atoms with E-state index in [-0.39, 0.29) is 0 Å². The van der Waals surface area contributed by atoms with Crippen LogP contribution in [0.4, 0.5) is 0 Å². The summed E-state index contributed by atoms with van der Waals surface area (Å²) in [4.78, 5) is 2.49. The predicted molar refractivity (Wildman–Crippen MR) is 88.8 cm³/mol. The fourth-order valence-corrected chi connectivity index (χ4v) is 3.02. The highest BCUT2D eigenvalue weighted by molar-refractivity contribution is 5.27. The highest BCUT2D eigenvalue weighted by atomic mass is 15.2. The van der Waals surface area contributed by atoms with Crippen LogP contribution in [0.1, 0.15) is 24.0 Å². The second-order valence-electron chi connectivity index (χ2n) is 5.81. The second kappa shape index (κ2) is 7.06. The Morgan fingerprint density at radius 2 is 1.45 bits per heavy atom. The van der Waals surface area contributed by atoms with Crippen molar-refractivity contribution in [2.24, 2.45) is 0 Å². The van der Waals surface area contributed by atoms with Gasteiger partial charge in [-0.1, -0.05) is 66.7 Å². The zero-order valence-corrected chi connectivity index (χ0v) is 12.7. The molecule has 2 heteroatoms. The highest BCUT2D eigenvalue weighted by Crippen LogP contribution is 2.26. The predicted octanol–water partition coefficient (Wildman–Crippen LogP) is 4.30. The molecular formula is C20H20N2. The molecule has 2 aromatic carbocycles. The Morgan fingerprint density at radius 3 is 1.91 bits per heavy atom. The van der Waals surface area contributed by atoms with Gasteiger partial charge in [-0.15, -0.1) is 0 Å². The van der Waals surface area contributed by atoms with Gasteiger partial charge in [-0.3, -0.25) is 4.90 Å². The average molecular weight is 288 g/mol. The van der Waals surface area contributed by atoms with Gasteiger partial charge >= 0.3 is 0 Å². The first kappa shape index (κ1) is 14.6. The molecule has 0 bridgehead atoms. The van der Waals surface area contributed by atoms with Crippen molar-refractivity contribution in [1.82, 2.24) is 4.90 Å². The van der Waals surface area contributed by atoms with Gasteiger partial charge in [0.2, 0.25) is 0 Å². The molecule has 0 radical (unpaired) electrons. The first-order valence-electron chi connectivity index (χ1n) is 7.76. The molecule has 1 atom stereocenters. The second-order valence-corrected chi connectivity index (χ2v) is 5.81. The van der Waals surface area contributed by atoms with Crippen LogP contribution < -0.4 is 0 Å². The Balaban J connectivity index is 1.75. The molecule has 2 nitrogen and oxygen atoms in total. The number of nitriles is 1. The number of hydrogen-bond acceptors (Lipinski definition) is 2. The van der Waals surface area contributed by atoms with Crippen LogP contribution >= 0.6 is 0 Å². The lowest BCUT2D eigenvalue weighted by atomic mass is 10.1. The zero-order chi connectivity index (χ0) is 15.2. The van der Waals surface area contributed by atoms with Crippen LogP contribution in [0.3, 0.4) is 0 Å². The lowest BCUT2D eigenvalue weighted by Gasteiger charge is -2.29. The first-order valence-corrected chi connectivity index (χ1v) is 7.76. The standard InChI is InChI=1S/C20H20N2/c21-14-19-11-12-20(13-19)22(15-17-7-3-1-4-8-17)16-18-9-5-2-6-10-18/h1-11,20H,12-13,15-16H2. The lowest BCUT2D eigenvalue weighted by Crippen LogP contribution is -2.32. The number of benzene rings is 2.